The molecule has 4 nitrogen and oxygen atoms in total. The number of rotatable bonds is 4. The van der Waals surface area contributed by atoms with Crippen LogP contribution in [0.1, 0.15) is 16.7 Å². The fourth-order valence-corrected chi connectivity index (χ4v) is 1.78. The maximum Gasteiger partial charge on any atom is 0.213 e. The van der Waals surface area contributed by atoms with Crippen molar-refractivity contribution in [2.45, 2.75) is 13.5 Å². The lowest BCUT2D eigenvalue weighted by molar-refractivity contribution is 0.397. The number of benzene rings is 1. The van der Waals surface area contributed by atoms with Crippen molar-refractivity contribution in [3.63, 3.8) is 0 Å². The van der Waals surface area contributed by atoms with Crippen LogP contribution in [0, 0.1) is 18.3 Å². The third-order valence-corrected chi connectivity index (χ3v) is 2.85. The molecule has 4 heteroatoms. The molecule has 19 heavy (non-hydrogen) atoms. The Morgan fingerprint density at radius 1 is 1.32 bits per heavy atom. The van der Waals surface area contributed by atoms with Gasteiger partial charge < -0.3 is 10.1 Å². The Labute approximate surface area is 112 Å². The molecule has 1 aromatic heterocycles. The predicted molar refractivity (Wildman–Crippen MR) is 74.0 cm³/mol. The first-order valence-corrected chi connectivity index (χ1v) is 5.96. The molecule has 2 rings (SSSR count). The van der Waals surface area contributed by atoms with Gasteiger partial charge in [-0.25, -0.2) is 4.98 Å². The van der Waals surface area contributed by atoms with Gasteiger partial charge in [0.2, 0.25) is 5.88 Å². The van der Waals surface area contributed by atoms with Crippen LogP contribution < -0.4 is 10.1 Å². The molecule has 0 aliphatic carbocycles. The van der Waals surface area contributed by atoms with Crippen LogP contribution in [0.5, 0.6) is 5.88 Å². The maximum atomic E-state index is 8.88. The van der Waals surface area contributed by atoms with E-state index in [0.717, 1.165) is 16.8 Å². The number of aromatic nitrogens is 1. The summed E-state index contributed by atoms with van der Waals surface area (Å²) in [6, 6.07) is 11.7. The minimum absolute atomic E-state index is 0.607. The molecule has 0 amide bonds. The summed E-state index contributed by atoms with van der Waals surface area (Å²) in [5.74, 6) is 0.607. The second kappa shape index (κ2) is 5.87. The zero-order valence-corrected chi connectivity index (χ0v) is 11.0. The van der Waals surface area contributed by atoms with Crippen LogP contribution in [0.25, 0.3) is 0 Å². The van der Waals surface area contributed by atoms with Crippen molar-refractivity contribution < 1.29 is 4.74 Å². The van der Waals surface area contributed by atoms with Crippen LogP contribution in [0.15, 0.2) is 36.5 Å². The number of nitrogens with zero attached hydrogens (tertiary/aromatic N) is 2. The van der Waals surface area contributed by atoms with E-state index in [0.29, 0.717) is 18.0 Å². The molecule has 0 aliphatic rings. The molecule has 0 unspecified atom stereocenters. The van der Waals surface area contributed by atoms with Gasteiger partial charge in [0.05, 0.1) is 18.7 Å². The van der Waals surface area contributed by atoms with E-state index in [4.69, 9.17) is 10.00 Å². The van der Waals surface area contributed by atoms with E-state index in [1.165, 1.54) is 0 Å². The molecule has 0 saturated carbocycles. The Hall–Kier alpha value is -2.54. The quantitative estimate of drug-likeness (QED) is 0.910. The molecule has 0 spiro atoms. The fraction of sp³-hybridized carbons (Fsp3) is 0.200. The van der Waals surface area contributed by atoms with Gasteiger partial charge in [0.15, 0.2) is 0 Å². The number of anilines is 1. The zero-order chi connectivity index (χ0) is 13.7. The fourth-order valence-electron chi connectivity index (χ4n) is 1.78. The van der Waals surface area contributed by atoms with Crippen LogP contribution in [0.4, 0.5) is 5.69 Å². The molecular weight excluding hydrogens is 238 g/mol. The number of hydrogen-bond acceptors (Lipinski definition) is 4. The molecule has 0 saturated heterocycles. The Morgan fingerprint density at radius 2 is 2.16 bits per heavy atom. The Kier molecular flexibility index (Phi) is 3.99. The molecule has 0 aliphatic heterocycles. The highest BCUT2D eigenvalue weighted by Crippen LogP contribution is 2.16. The lowest BCUT2D eigenvalue weighted by Crippen LogP contribution is -2.01. The number of aryl methyl sites for hydroxylation is 1. The highest BCUT2D eigenvalue weighted by molar-refractivity contribution is 5.51. The number of ether oxygens (including phenoxy) is 1. The molecule has 0 atom stereocenters. The summed E-state index contributed by atoms with van der Waals surface area (Å²) < 4.78 is 5.08. The van der Waals surface area contributed by atoms with E-state index in [1.807, 2.05) is 37.3 Å². The summed E-state index contributed by atoms with van der Waals surface area (Å²) in [7, 11) is 1.60. The Morgan fingerprint density at radius 3 is 2.84 bits per heavy atom. The summed E-state index contributed by atoms with van der Waals surface area (Å²) in [6.45, 7) is 2.61. The minimum Gasteiger partial charge on any atom is -0.481 e. The molecule has 0 radical (unpaired) electrons. The van der Waals surface area contributed by atoms with E-state index >= 15 is 0 Å². The van der Waals surface area contributed by atoms with Gasteiger partial charge in [0, 0.05) is 24.5 Å². The minimum atomic E-state index is 0.607. The molecule has 1 N–H and O–H groups in total. The van der Waals surface area contributed by atoms with Gasteiger partial charge in [-0.3, -0.25) is 0 Å². The average Bonchev–Trinajstić information content (AvgIpc) is 2.45. The summed E-state index contributed by atoms with van der Waals surface area (Å²) >= 11 is 0. The lowest BCUT2D eigenvalue weighted by Gasteiger charge is -2.08. The van der Waals surface area contributed by atoms with Crippen molar-refractivity contribution in [1.82, 2.24) is 4.98 Å². The van der Waals surface area contributed by atoms with Crippen LogP contribution in [-0.4, -0.2) is 12.1 Å². The van der Waals surface area contributed by atoms with Crippen LogP contribution >= 0.6 is 0 Å². The average molecular weight is 253 g/mol. The van der Waals surface area contributed by atoms with Gasteiger partial charge in [-0.05, 0) is 42.3 Å². The van der Waals surface area contributed by atoms with Crippen LogP contribution in [0.3, 0.4) is 0 Å². The van der Waals surface area contributed by atoms with Gasteiger partial charge >= 0.3 is 0 Å². The normalized spacial score (nSPS) is 9.74. The summed E-state index contributed by atoms with van der Waals surface area (Å²) in [4.78, 5) is 4.06. The SMILES string of the molecule is COc1cc(CNc2ccc(C#N)c(C)c2)ccn1. The Balaban J connectivity index is 2.06. The van der Waals surface area contributed by atoms with Crippen molar-refractivity contribution >= 4 is 5.69 Å². The number of hydrogen-bond donors (Lipinski definition) is 1. The third-order valence-electron chi connectivity index (χ3n) is 2.85. The van der Waals surface area contributed by atoms with Gasteiger partial charge in [-0.1, -0.05) is 0 Å². The van der Waals surface area contributed by atoms with E-state index in [-0.39, 0.29) is 0 Å². The molecule has 1 aromatic carbocycles. The molecule has 2 aromatic rings. The third kappa shape index (κ3) is 3.23. The van der Waals surface area contributed by atoms with Gasteiger partial charge in [0.25, 0.3) is 0 Å². The van der Waals surface area contributed by atoms with Crippen molar-refractivity contribution in [2.24, 2.45) is 0 Å². The molecule has 96 valence electrons. The first-order valence-electron chi connectivity index (χ1n) is 5.96. The van der Waals surface area contributed by atoms with Crippen molar-refractivity contribution in [2.75, 3.05) is 12.4 Å². The summed E-state index contributed by atoms with van der Waals surface area (Å²) in [5, 5.41) is 12.2. The van der Waals surface area contributed by atoms with Crippen molar-refractivity contribution in [3.05, 3.63) is 53.2 Å². The van der Waals surface area contributed by atoms with Gasteiger partial charge in [-0.2, -0.15) is 5.26 Å². The van der Waals surface area contributed by atoms with E-state index in [9.17, 15) is 0 Å². The van der Waals surface area contributed by atoms with Gasteiger partial charge in [0.1, 0.15) is 0 Å². The van der Waals surface area contributed by atoms with E-state index in [1.54, 1.807) is 13.3 Å². The molecule has 0 fully saturated rings. The number of nitriles is 1. The summed E-state index contributed by atoms with van der Waals surface area (Å²) in [5.41, 5.74) is 3.76. The van der Waals surface area contributed by atoms with E-state index in [2.05, 4.69) is 16.4 Å². The second-order valence-corrected chi connectivity index (χ2v) is 4.20. The van der Waals surface area contributed by atoms with Crippen LogP contribution in [0.2, 0.25) is 0 Å². The number of nitrogens with one attached hydrogen (secondary N) is 1. The molecule has 0 bridgehead atoms. The smallest absolute Gasteiger partial charge is 0.213 e. The number of pyridine rings is 1. The van der Waals surface area contributed by atoms with Crippen LogP contribution in [-0.2, 0) is 6.54 Å². The van der Waals surface area contributed by atoms with Crippen molar-refractivity contribution in [3.8, 4) is 11.9 Å². The zero-order valence-electron chi connectivity index (χ0n) is 11.0. The van der Waals surface area contributed by atoms with E-state index < -0.39 is 0 Å². The topological polar surface area (TPSA) is 57.9 Å². The monoisotopic (exact) mass is 253 g/mol. The maximum absolute atomic E-state index is 8.88. The lowest BCUT2D eigenvalue weighted by atomic mass is 10.1. The standard InChI is InChI=1S/C15H15N3O/c1-11-7-14(4-3-13(11)9-16)18-10-12-5-6-17-15(8-12)19-2/h3-8,18H,10H2,1-2H3. The first kappa shape index (κ1) is 12.9. The predicted octanol–water partition coefficient (Wildman–Crippen LogP) is 2.88. The molecule has 1 heterocycles. The van der Waals surface area contributed by atoms with Gasteiger partial charge in [-0.15, -0.1) is 0 Å². The first-order chi connectivity index (χ1) is 9.22. The molecular formula is C15H15N3O. The van der Waals surface area contributed by atoms with Crippen molar-refractivity contribution in [1.29, 1.82) is 5.26 Å². The Bertz CT molecular complexity index is 617. The highest BCUT2D eigenvalue weighted by Gasteiger charge is 2.00. The largest absolute Gasteiger partial charge is 0.481 e. The number of methoxy groups -OCH3 is 1. The summed E-state index contributed by atoms with van der Waals surface area (Å²) in [6.07, 6.45) is 1.72. The highest BCUT2D eigenvalue weighted by atomic mass is 16.5. The second-order valence-electron chi connectivity index (χ2n) is 4.20.